The van der Waals surface area contributed by atoms with Crippen molar-refractivity contribution in [1.29, 1.82) is 0 Å². The average Bonchev–Trinajstić information content (AvgIpc) is 2.41. The van der Waals surface area contributed by atoms with Crippen molar-refractivity contribution in [2.45, 2.75) is 29.1 Å². The molecule has 0 bridgehead atoms. The van der Waals surface area contributed by atoms with Crippen molar-refractivity contribution >= 4 is 23.7 Å². The summed E-state index contributed by atoms with van der Waals surface area (Å²) in [6.07, 6.45) is -0.939. The summed E-state index contributed by atoms with van der Waals surface area (Å²) in [5, 5.41) is 31.7. The van der Waals surface area contributed by atoms with E-state index in [2.05, 4.69) is 0 Å². The van der Waals surface area contributed by atoms with Gasteiger partial charge in [-0.05, 0) is 25.0 Å². The lowest BCUT2D eigenvalue weighted by Gasteiger charge is -2.39. The highest BCUT2D eigenvalue weighted by molar-refractivity contribution is 8.00. The van der Waals surface area contributed by atoms with Gasteiger partial charge >= 0.3 is 0 Å². The maximum absolute atomic E-state index is 11.1. The van der Waals surface area contributed by atoms with Crippen LogP contribution in [-0.2, 0) is 9.59 Å². The molecular weight excluding hydrogens is 280 g/mol. The summed E-state index contributed by atoms with van der Waals surface area (Å²) >= 11 is 1.35. The molecule has 1 fully saturated rings. The summed E-state index contributed by atoms with van der Waals surface area (Å²) in [4.78, 5) is 22.9. The second kappa shape index (κ2) is 6.28. The van der Waals surface area contributed by atoms with E-state index in [1.807, 2.05) is 30.3 Å². The fourth-order valence-corrected chi connectivity index (χ4v) is 3.70. The van der Waals surface area contributed by atoms with E-state index in [9.17, 15) is 24.9 Å². The molecule has 1 saturated carbocycles. The highest BCUT2D eigenvalue weighted by atomic mass is 32.2. The second-order valence-corrected chi connectivity index (χ2v) is 6.17. The molecule has 0 aromatic heterocycles. The zero-order valence-electron chi connectivity index (χ0n) is 10.6. The first-order valence-corrected chi connectivity index (χ1v) is 7.18. The van der Waals surface area contributed by atoms with E-state index in [1.54, 1.807) is 0 Å². The average molecular weight is 294 g/mol. The predicted molar refractivity (Wildman–Crippen MR) is 68.3 cm³/mol. The van der Waals surface area contributed by atoms with Gasteiger partial charge in [-0.15, -0.1) is 11.8 Å². The molecule has 0 heterocycles. The molecule has 2 rings (SSSR count). The monoisotopic (exact) mass is 294 g/mol. The van der Waals surface area contributed by atoms with Gasteiger partial charge in [0.05, 0.1) is 6.10 Å². The normalized spacial score (nSPS) is 29.9. The van der Waals surface area contributed by atoms with Gasteiger partial charge in [-0.3, -0.25) is 0 Å². The van der Waals surface area contributed by atoms with Crippen molar-refractivity contribution in [3.05, 3.63) is 30.3 Å². The number of aliphatic carboxylic acids is 2. The van der Waals surface area contributed by atoms with E-state index in [1.165, 1.54) is 11.8 Å². The Hall–Kier alpha value is -1.53. The van der Waals surface area contributed by atoms with E-state index in [0.29, 0.717) is 0 Å². The van der Waals surface area contributed by atoms with Crippen molar-refractivity contribution in [2.75, 3.05) is 0 Å². The molecule has 0 aliphatic heterocycles. The van der Waals surface area contributed by atoms with Crippen LogP contribution in [0.3, 0.4) is 0 Å². The molecule has 0 spiro atoms. The van der Waals surface area contributed by atoms with Crippen LogP contribution in [0.4, 0.5) is 0 Å². The van der Waals surface area contributed by atoms with Gasteiger partial charge < -0.3 is 24.9 Å². The topological polar surface area (TPSA) is 100 Å². The molecule has 1 aromatic rings. The number of rotatable bonds is 4. The van der Waals surface area contributed by atoms with Crippen LogP contribution < -0.4 is 10.2 Å². The lowest BCUT2D eigenvalue weighted by molar-refractivity contribution is -0.329. The van der Waals surface area contributed by atoms with E-state index in [-0.39, 0.29) is 18.1 Å². The minimum Gasteiger partial charge on any atom is -0.550 e. The fourth-order valence-electron chi connectivity index (χ4n) is 2.47. The summed E-state index contributed by atoms with van der Waals surface area (Å²) in [5.74, 6) is -5.15. The van der Waals surface area contributed by atoms with Crippen LogP contribution in [0.5, 0.6) is 0 Å². The number of aliphatic hydroxyl groups is 1. The fraction of sp³-hybridized carbons (Fsp3) is 0.429. The van der Waals surface area contributed by atoms with Gasteiger partial charge in [0.1, 0.15) is 0 Å². The number of hydrogen-bond donors (Lipinski definition) is 1. The molecule has 0 amide bonds. The summed E-state index contributed by atoms with van der Waals surface area (Å²) in [5.41, 5.74) is 0. The molecule has 108 valence electrons. The molecule has 0 saturated heterocycles. The molecule has 0 unspecified atom stereocenters. The van der Waals surface area contributed by atoms with E-state index in [0.717, 1.165) is 4.90 Å². The van der Waals surface area contributed by atoms with Crippen molar-refractivity contribution in [3.63, 3.8) is 0 Å². The zero-order valence-corrected chi connectivity index (χ0v) is 11.4. The third kappa shape index (κ3) is 3.32. The highest BCUT2D eigenvalue weighted by Crippen LogP contribution is 2.39. The van der Waals surface area contributed by atoms with Gasteiger partial charge in [0, 0.05) is 33.9 Å². The second-order valence-electron chi connectivity index (χ2n) is 4.86. The third-order valence-electron chi connectivity index (χ3n) is 3.53. The van der Waals surface area contributed by atoms with Gasteiger partial charge in [0.2, 0.25) is 0 Å². The van der Waals surface area contributed by atoms with Crippen LogP contribution in [0.15, 0.2) is 35.2 Å². The van der Waals surface area contributed by atoms with Gasteiger partial charge in [-0.25, -0.2) is 0 Å². The lowest BCUT2D eigenvalue weighted by atomic mass is 9.77. The quantitative estimate of drug-likeness (QED) is 0.767. The molecule has 1 N–H and O–H groups in total. The number of aliphatic hydroxyl groups excluding tert-OH is 1. The molecular formula is C14H14O5S-2. The molecule has 20 heavy (non-hydrogen) atoms. The number of thioether (sulfide) groups is 1. The number of carbonyl (C=O) groups excluding carboxylic acids is 2. The van der Waals surface area contributed by atoms with Crippen molar-refractivity contribution < 1.29 is 24.9 Å². The lowest BCUT2D eigenvalue weighted by Crippen LogP contribution is -2.51. The van der Waals surface area contributed by atoms with Gasteiger partial charge in [-0.2, -0.15) is 0 Å². The Labute approximate surface area is 120 Å². The van der Waals surface area contributed by atoms with Crippen LogP contribution in [0.2, 0.25) is 0 Å². The molecule has 1 aliphatic rings. The first kappa shape index (κ1) is 14.9. The first-order valence-electron chi connectivity index (χ1n) is 6.30. The number of carbonyl (C=O) groups is 2. The molecule has 6 heteroatoms. The Kier molecular flexibility index (Phi) is 4.67. The summed E-state index contributed by atoms with van der Waals surface area (Å²) in [6, 6.07) is 9.26. The molecule has 4 atom stereocenters. The smallest absolute Gasteiger partial charge is 0.0669 e. The first-order chi connectivity index (χ1) is 9.49. The maximum atomic E-state index is 11.1. The molecule has 5 nitrogen and oxygen atoms in total. The van der Waals surface area contributed by atoms with Crippen molar-refractivity contribution in [3.8, 4) is 0 Å². The summed E-state index contributed by atoms with van der Waals surface area (Å²) in [6.45, 7) is 0. The standard InChI is InChI=1S/C14H16O5S/c15-11-6-9(13(16)17)10(14(18)19)7-12(11)20-8-4-2-1-3-5-8/h1-5,9-12,15H,6-7H2,(H,16,17)(H,18,19)/p-2/t9-,10-,11+,12+/m1/s1. The van der Waals surface area contributed by atoms with Crippen LogP contribution >= 0.6 is 11.8 Å². The molecule has 1 aromatic carbocycles. The Morgan fingerprint density at radius 3 is 2.15 bits per heavy atom. The Morgan fingerprint density at radius 2 is 1.60 bits per heavy atom. The summed E-state index contributed by atoms with van der Waals surface area (Å²) < 4.78 is 0. The van der Waals surface area contributed by atoms with Crippen molar-refractivity contribution in [2.24, 2.45) is 11.8 Å². The van der Waals surface area contributed by atoms with Crippen LogP contribution in [0, 0.1) is 11.8 Å². The third-order valence-corrected chi connectivity index (χ3v) is 4.89. The largest absolute Gasteiger partial charge is 0.550 e. The number of benzene rings is 1. The summed E-state index contributed by atoms with van der Waals surface area (Å²) in [7, 11) is 0. The van der Waals surface area contributed by atoms with Crippen LogP contribution in [-0.4, -0.2) is 28.4 Å². The Bertz CT molecular complexity index is 490. The van der Waals surface area contributed by atoms with Gasteiger partial charge in [0.15, 0.2) is 0 Å². The van der Waals surface area contributed by atoms with E-state index < -0.39 is 29.9 Å². The number of carboxylic acids is 2. The molecule has 1 aliphatic carbocycles. The SMILES string of the molecule is O=C([O-])[C@@H]1C[C@H](Sc2ccccc2)[C@@H](O)C[C@H]1C(=O)[O-]. The number of carboxylic acid groups (broad SMARTS) is 2. The van der Waals surface area contributed by atoms with Crippen molar-refractivity contribution in [1.82, 2.24) is 0 Å². The van der Waals surface area contributed by atoms with Crippen LogP contribution in [0.1, 0.15) is 12.8 Å². The van der Waals surface area contributed by atoms with Gasteiger partial charge in [-0.1, -0.05) is 18.2 Å². The predicted octanol–water partition coefficient (Wildman–Crippen LogP) is -0.966. The minimum atomic E-state index is -1.44. The molecule has 0 radical (unpaired) electrons. The zero-order chi connectivity index (χ0) is 14.7. The van der Waals surface area contributed by atoms with E-state index >= 15 is 0 Å². The minimum absolute atomic E-state index is 0.0572. The highest BCUT2D eigenvalue weighted by Gasteiger charge is 2.38. The maximum Gasteiger partial charge on any atom is 0.0669 e. The number of hydrogen-bond acceptors (Lipinski definition) is 6. The Morgan fingerprint density at radius 1 is 1.05 bits per heavy atom. The Balaban J connectivity index is 2.12. The van der Waals surface area contributed by atoms with Gasteiger partial charge in [0.25, 0.3) is 0 Å². The van der Waals surface area contributed by atoms with E-state index in [4.69, 9.17) is 0 Å². The van der Waals surface area contributed by atoms with Crippen LogP contribution in [0.25, 0.3) is 0 Å².